The van der Waals surface area contributed by atoms with E-state index in [1.165, 1.54) is 4.90 Å². The quantitative estimate of drug-likeness (QED) is 0.548. The molecule has 5 heteroatoms. The lowest BCUT2D eigenvalue weighted by molar-refractivity contribution is 0.0607. The van der Waals surface area contributed by atoms with Gasteiger partial charge < -0.3 is 11.5 Å². The maximum absolute atomic E-state index is 13.2. The van der Waals surface area contributed by atoms with E-state index >= 15 is 0 Å². The number of hydrogen-bond donors (Lipinski definition) is 2. The predicted octanol–water partition coefficient (Wildman–Crippen LogP) is 2.66. The van der Waals surface area contributed by atoms with Crippen LogP contribution in [0.4, 0.5) is 0 Å². The molecule has 4 rings (SSSR count). The molecule has 0 saturated carbocycles. The Balaban J connectivity index is 1.86. The van der Waals surface area contributed by atoms with Gasteiger partial charge in [0.05, 0.1) is 5.56 Å². The molecule has 0 bridgehead atoms. The van der Waals surface area contributed by atoms with Gasteiger partial charge in [0.2, 0.25) is 0 Å². The zero-order chi connectivity index (χ0) is 18.3. The van der Waals surface area contributed by atoms with Crippen LogP contribution in [0.15, 0.2) is 48.5 Å². The highest BCUT2D eigenvalue weighted by molar-refractivity contribution is 6.30. The van der Waals surface area contributed by atoms with Crippen LogP contribution in [0.3, 0.4) is 0 Å². The van der Waals surface area contributed by atoms with Crippen molar-refractivity contribution in [3.8, 4) is 0 Å². The standard InChI is InChI=1S/C21H21N3O2/c22-10-8-15(23)9-11-24-20(25)17-7-3-5-14-12-13-4-1-2-6-16(13)19(18(14)17)21(24)26/h1-7,12,15H,8-11,22-23H2. The van der Waals surface area contributed by atoms with Gasteiger partial charge in [0.25, 0.3) is 11.8 Å². The molecule has 1 atom stereocenters. The van der Waals surface area contributed by atoms with Crippen LogP contribution < -0.4 is 11.5 Å². The van der Waals surface area contributed by atoms with Crippen LogP contribution in [0, 0.1) is 0 Å². The van der Waals surface area contributed by atoms with Crippen LogP contribution in [-0.2, 0) is 0 Å². The lowest BCUT2D eigenvalue weighted by Gasteiger charge is -2.29. The summed E-state index contributed by atoms with van der Waals surface area (Å²) in [4.78, 5) is 27.5. The fraction of sp³-hybridized carbons (Fsp3) is 0.238. The van der Waals surface area contributed by atoms with Gasteiger partial charge in [-0.2, -0.15) is 0 Å². The van der Waals surface area contributed by atoms with E-state index in [-0.39, 0.29) is 17.9 Å². The van der Waals surface area contributed by atoms with Crippen molar-refractivity contribution < 1.29 is 9.59 Å². The van der Waals surface area contributed by atoms with Crippen molar-refractivity contribution in [1.82, 2.24) is 4.90 Å². The Morgan fingerprint density at radius 2 is 1.69 bits per heavy atom. The van der Waals surface area contributed by atoms with Crippen LogP contribution in [0.2, 0.25) is 0 Å². The van der Waals surface area contributed by atoms with E-state index in [1.807, 2.05) is 42.5 Å². The second-order valence-corrected chi connectivity index (χ2v) is 6.76. The Bertz CT molecular complexity index is 1030. The lowest BCUT2D eigenvalue weighted by atomic mass is 9.89. The zero-order valence-electron chi connectivity index (χ0n) is 14.4. The van der Waals surface area contributed by atoms with Gasteiger partial charge in [-0.1, -0.05) is 36.4 Å². The minimum Gasteiger partial charge on any atom is -0.330 e. The molecule has 5 nitrogen and oxygen atoms in total. The average molecular weight is 347 g/mol. The number of hydrogen-bond acceptors (Lipinski definition) is 4. The van der Waals surface area contributed by atoms with E-state index in [1.54, 1.807) is 6.07 Å². The van der Waals surface area contributed by atoms with Gasteiger partial charge in [-0.25, -0.2) is 0 Å². The van der Waals surface area contributed by atoms with E-state index in [0.717, 1.165) is 21.5 Å². The second-order valence-electron chi connectivity index (χ2n) is 6.76. The van der Waals surface area contributed by atoms with Crippen LogP contribution in [0.25, 0.3) is 21.5 Å². The number of amides is 2. The smallest absolute Gasteiger partial charge is 0.262 e. The molecule has 1 heterocycles. The Labute approximate surface area is 151 Å². The van der Waals surface area contributed by atoms with Crippen LogP contribution >= 0.6 is 0 Å². The first-order chi connectivity index (χ1) is 12.6. The number of rotatable bonds is 5. The van der Waals surface area contributed by atoms with Crippen molar-refractivity contribution in [2.24, 2.45) is 11.5 Å². The van der Waals surface area contributed by atoms with Crippen molar-refractivity contribution in [2.45, 2.75) is 18.9 Å². The van der Waals surface area contributed by atoms with Gasteiger partial charge in [0, 0.05) is 23.5 Å². The zero-order valence-corrected chi connectivity index (χ0v) is 14.4. The van der Waals surface area contributed by atoms with Crippen molar-refractivity contribution in [2.75, 3.05) is 13.1 Å². The molecule has 1 aliphatic rings. The van der Waals surface area contributed by atoms with E-state index in [2.05, 4.69) is 0 Å². The fourth-order valence-corrected chi connectivity index (χ4v) is 3.75. The van der Waals surface area contributed by atoms with Gasteiger partial charge in [0.1, 0.15) is 0 Å². The Kier molecular flexibility index (Phi) is 4.18. The SMILES string of the molecule is NCCC(N)CCN1C(=O)c2cccc3cc4ccccc4c(c23)C1=O. The summed E-state index contributed by atoms with van der Waals surface area (Å²) in [6, 6.07) is 15.3. The summed E-state index contributed by atoms with van der Waals surface area (Å²) in [5.74, 6) is -0.487. The molecule has 1 unspecified atom stereocenters. The highest BCUT2D eigenvalue weighted by Gasteiger charge is 2.34. The van der Waals surface area contributed by atoms with Gasteiger partial charge in [-0.15, -0.1) is 0 Å². The van der Waals surface area contributed by atoms with Gasteiger partial charge in [-0.3, -0.25) is 14.5 Å². The molecule has 26 heavy (non-hydrogen) atoms. The van der Waals surface area contributed by atoms with Crippen molar-refractivity contribution in [3.63, 3.8) is 0 Å². The van der Waals surface area contributed by atoms with Gasteiger partial charge >= 0.3 is 0 Å². The van der Waals surface area contributed by atoms with E-state index in [0.29, 0.717) is 37.1 Å². The minimum atomic E-state index is -0.247. The summed E-state index contributed by atoms with van der Waals surface area (Å²) in [6.07, 6.45) is 1.22. The molecule has 2 amide bonds. The summed E-state index contributed by atoms with van der Waals surface area (Å²) in [7, 11) is 0. The maximum atomic E-state index is 13.2. The third-order valence-corrected chi connectivity index (χ3v) is 5.08. The summed E-state index contributed by atoms with van der Waals surface area (Å²) in [5.41, 5.74) is 12.8. The number of imide groups is 1. The van der Waals surface area contributed by atoms with Crippen molar-refractivity contribution in [1.29, 1.82) is 0 Å². The monoisotopic (exact) mass is 347 g/mol. The molecule has 0 saturated heterocycles. The van der Waals surface area contributed by atoms with Crippen molar-refractivity contribution in [3.05, 3.63) is 59.7 Å². The van der Waals surface area contributed by atoms with Crippen molar-refractivity contribution >= 4 is 33.4 Å². The lowest BCUT2D eigenvalue weighted by Crippen LogP contribution is -2.42. The maximum Gasteiger partial charge on any atom is 0.262 e. The average Bonchev–Trinajstić information content (AvgIpc) is 2.64. The number of benzene rings is 3. The number of fused-ring (bicyclic) bond motifs is 2. The number of nitrogens with zero attached hydrogens (tertiary/aromatic N) is 1. The molecule has 0 spiro atoms. The minimum absolute atomic E-state index is 0.120. The second kappa shape index (κ2) is 6.52. The highest BCUT2D eigenvalue weighted by atomic mass is 16.2. The normalized spacial score (nSPS) is 15.1. The first-order valence-corrected chi connectivity index (χ1v) is 8.88. The molecular weight excluding hydrogens is 326 g/mol. The number of nitrogens with two attached hydrogens (primary N) is 2. The summed E-state index contributed by atoms with van der Waals surface area (Å²) in [6.45, 7) is 0.799. The van der Waals surface area contributed by atoms with Gasteiger partial charge in [-0.05, 0) is 47.7 Å². The highest BCUT2D eigenvalue weighted by Crippen LogP contribution is 2.35. The molecule has 0 fully saturated rings. The van der Waals surface area contributed by atoms with Gasteiger partial charge in [0.15, 0.2) is 0 Å². The molecule has 0 radical (unpaired) electrons. The van der Waals surface area contributed by atoms with Crippen LogP contribution in [0.1, 0.15) is 33.6 Å². The first kappa shape index (κ1) is 16.7. The Hall–Kier alpha value is -2.76. The van der Waals surface area contributed by atoms with E-state index in [4.69, 9.17) is 11.5 Å². The first-order valence-electron chi connectivity index (χ1n) is 8.88. The topological polar surface area (TPSA) is 89.4 Å². The molecule has 3 aromatic rings. The molecular formula is C21H21N3O2. The number of carbonyl (C=O) groups excluding carboxylic acids is 2. The van der Waals surface area contributed by atoms with E-state index in [9.17, 15) is 9.59 Å². The van der Waals surface area contributed by atoms with Crippen LogP contribution in [0.5, 0.6) is 0 Å². The Morgan fingerprint density at radius 3 is 2.50 bits per heavy atom. The third kappa shape index (κ3) is 2.57. The largest absolute Gasteiger partial charge is 0.330 e. The molecule has 0 aliphatic carbocycles. The fourth-order valence-electron chi connectivity index (χ4n) is 3.75. The molecule has 1 aliphatic heterocycles. The molecule has 3 aromatic carbocycles. The summed E-state index contributed by atoms with van der Waals surface area (Å²) in [5, 5.41) is 3.54. The third-order valence-electron chi connectivity index (χ3n) is 5.08. The summed E-state index contributed by atoms with van der Waals surface area (Å²) >= 11 is 0. The summed E-state index contributed by atoms with van der Waals surface area (Å²) < 4.78 is 0. The molecule has 4 N–H and O–H groups in total. The molecule has 132 valence electrons. The van der Waals surface area contributed by atoms with E-state index < -0.39 is 0 Å². The van der Waals surface area contributed by atoms with Crippen LogP contribution in [-0.4, -0.2) is 35.8 Å². The Morgan fingerprint density at radius 1 is 0.923 bits per heavy atom. The predicted molar refractivity (Wildman–Crippen MR) is 103 cm³/mol. The molecule has 0 aromatic heterocycles. The number of carbonyl (C=O) groups is 2.